The van der Waals surface area contributed by atoms with Crippen LogP contribution in [-0.4, -0.2) is 39.3 Å². The van der Waals surface area contributed by atoms with Crippen LogP contribution in [0.1, 0.15) is 11.7 Å². The van der Waals surface area contributed by atoms with Crippen LogP contribution in [0.25, 0.3) is 0 Å². The fourth-order valence-corrected chi connectivity index (χ4v) is 1.40. The van der Waals surface area contributed by atoms with Crippen LogP contribution in [0.5, 0.6) is 0 Å². The molecule has 0 radical (unpaired) electrons. The first-order valence-corrected chi connectivity index (χ1v) is 5.00. The van der Waals surface area contributed by atoms with E-state index in [2.05, 4.69) is 9.72 Å². The molecule has 1 rings (SSSR count). The quantitative estimate of drug-likeness (QED) is 0.349. The first-order valence-electron chi connectivity index (χ1n) is 4.62. The van der Waals surface area contributed by atoms with Crippen LogP contribution in [-0.2, 0) is 9.53 Å². The number of carbonyl (C=O) groups is 1. The molecular formula is C9H9ClN2O6. The Kier molecular flexibility index (Phi) is 4.54. The highest BCUT2D eigenvalue weighted by atomic mass is 35.5. The lowest BCUT2D eigenvalue weighted by Crippen LogP contribution is -2.29. The first kappa shape index (κ1) is 14.3. The van der Waals surface area contributed by atoms with Crippen molar-refractivity contribution in [1.82, 2.24) is 4.98 Å². The summed E-state index contributed by atoms with van der Waals surface area (Å²) in [6.07, 6.45) is -2.78. The molecule has 98 valence electrons. The van der Waals surface area contributed by atoms with Crippen molar-refractivity contribution in [3.8, 4) is 0 Å². The molecule has 0 amide bonds. The van der Waals surface area contributed by atoms with Crippen molar-refractivity contribution in [2.24, 2.45) is 0 Å². The predicted molar refractivity (Wildman–Crippen MR) is 58.9 cm³/mol. The van der Waals surface area contributed by atoms with Gasteiger partial charge in [0.15, 0.2) is 6.10 Å². The second kappa shape index (κ2) is 5.71. The fraction of sp³-hybridized carbons (Fsp3) is 0.333. The molecule has 2 atom stereocenters. The van der Waals surface area contributed by atoms with E-state index in [4.69, 9.17) is 11.6 Å². The van der Waals surface area contributed by atoms with Crippen molar-refractivity contribution in [2.45, 2.75) is 12.2 Å². The van der Waals surface area contributed by atoms with Crippen molar-refractivity contribution in [1.29, 1.82) is 0 Å². The van der Waals surface area contributed by atoms with Gasteiger partial charge in [-0.2, -0.15) is 0 Å². The lowest BCUT2D eigenvalue weighted by molar-refractivity contribution is -0.385. The maximum absolute atomic E-state index is 11.0. The molecule has 0 spiro atoms. The molecule has 0 aliphatic heterocycles. The largest absolute Gasteiger partial charge is 0.467 e. The zero-order valence-electron chi connectivity index (χ0n) is 9.11. The van der Waals surface area contributed by atoms with Gasteiger partial charge < -0.3 is 14.9 Å². The Bertz CT molecular complexity index is 480. The van der Waals surface area contributed by atoms with Gasteiger partial charge in [0.1, 0.15) is 17.5 Å². The van der Waals surface area contributed by atoms with E-state index in [-0.39, 0.29) is 10.7 Å². The third-order valence-corrected chi connectivity index (χ3v) is 2.44. The monoisotopic (exact) mass is 276 g/mol. The van der Waals surface area contributed by atoms with Gasteiger partial charge in [-0.3, -0.25) is 10.1 Å². The minimum absolute atomic E-state index is 0.233. The fourth-order valence-electron chi connectivity index (χ4n) is 1.18. The number of aromatic nitrogens is 1. The standard InChI is InChI=1S/C9H9ClN2O6/c1-18-9(15)7(14)6(13)5-2-4(12(16)17)3-11-8(5)10/h2-3,6-7,13-14H,1H3. The van der Waals surface area contributed by atoms with Crippen molar-refractivity contribution < 1.29 is 24.7 Å². The number of esters is 1. The number of nitro groups is 1. The van der Waals surface area contributed by atoms with E-state index < -0.39 is 28.8 Å². The number of halogens is 1. The first-order chi connectivity index (χ1) is 8.38. The Balaban J connectivity index is 3.11. The molecule has 0 aromatic carbocycles. The molecule has 0 saturated carbocycles. The van der Waals surface area contributed by atoms with Crippen molar-refractivity contribution >= 4 is 23.3 Å². The number of methoxy groups -OCH3 is 1. The number of ether oxygens (including phenoxy) is 1. The number of pyridine rings is 1. The van der Waals surface area contributed by atoms with Crippen LogP contribution in [0.4, 0.5) is 5.69 Å². The SMILES string of the molecule is COC(=O)C(O)C(O)c1cc([N+](=O)[O-])cnc1Cl. The number of hydrogen-bond acceptors (Lipinski definition) is 7. The molecule has 0 bridgehead atoms. The molecule has 9 heteroatoms. The highest BCUT2D eigenvalue weighted by molar-refractivity contribution is 6.30. The minimum Gasteiger partial charge on any atom is -0.467 e. The minimum atomic E-state index is -1.91. The van der Waals surface area contributed by atoms with Crippen LogP contribution < -0.4 is 0 Å². The molecule has 1 heterocycles. The van der Waals surface area contributed by atoms with Crippen LogP contribution in [0.2, 0.25) is 5.15 Å². The maximum Gasteiger partial charge on any atom is 0.337 e. The molecule has 0 aliphatic carbocycles. The van der Waals surface area contributed by atoms with Crippen LogP contribution in [0.3, 0.4) is 0 Å². The van der Waals surface area contributed by atoms with E-state index in [9.17, 15) is 25.1 Å². The highest BCUT2D eigenvalue weighted by Gasteiger charge is 2.29. The van der Waals surface area contributed by atoms with E-state index in [0.717, 1.165) is 19.4 Å². The Morgan fingerprint density at radius 3 is 2.72 bits per heavy atom. The zero-order chi connectivity index (χ0) is 13.9. The van der Waals surface area contributed by atoms with E-state index in [1.807, 2.05) is 0 Å². The van der Waals surface area contributed by atoms with Gasteiger partial charge in [0.05, 0.1) is 12.0 Å². The molecule has 1 aromatic heterocycles. The molecule has 0 saturated heterocycles. The second-order valence-corrected chi connectivity index (χ2v) is 3.60. The Labute approximate surface area is 106 Å². The Morgan fingerprint density at radius 1 is 1.61 bits per heavy atom. The summed E-state index contributed by atoms with van der Waals surface area (Å²) in [5.74, 6) is -1.09. The van der Waals surface area contributed by atoms with Gasteiger partial charge in [0, 0.05) is 11.6 Å². The zero-order valence-corrected chi connectivity index (χ0v) is 9.87. The molecule has 2 unspecified atom stereocenters. The maximum atomic E-state index is 11.0. The third kappa shape index (κ3) is 2.92. The summed E-state index contributed by atoms with van der Waals surface area (Å²) < 4.78 is 4.23. The van der Waals surface area contributed by atoms with Gasteiger partial charge in [0.25, 0.3) is 5.69 Å². The van der Waals surface area contributed by atoms with Crippen LogP contribution in [0.15, 0.2) is 12.3 Å². The number of rotatable bonds is 4. The van der Waals surface area contributed by atoms with Gasteiger partial charge in [-0.1, -0.05) is 11.6 Å². The van der Waals surface area contributed by atoms with E-state index >= 15 is 0 Å². The Morgan fingerprint density at radius 2 is 2.22 bits per heavy atom. The average Bonchev–Trinajstić information content (AvgIpc) is 2.36. The van der Waals surface area contributed by atoms with Gasteiger partial charge in [0.2, 0.25) is 0 Å². The van der Waals surface area contributed by atoms with E-state index in [0.29, 0.717) is 0 Å². The topological polar surface area (TPSA) is 123 Å². The lowest BCUT2D eigenvalue weighted by atomic mass is 10.1. The third-order valence-electron chi connectivity index (χ3n) is 2.12. The van der Waals surface area contributed by atoms with Crippen molar-refractivity contribution in [3.63, 3.8) is 0 Å². The van der Waals surface area contributed by atoms with Crippen molar-refractivity contribution in [3.05, 3.63) is 33.1 Å². The van der Waals surface area contributed by atoms with E-state index in [1.165, 1.54) is 0 Å². The highest BCUT2D eigenvalue weighted by Crippen LogP contribution is 2.27. The molecule has 2 N–H and O–H groups in total. The van der Waals surface area contributed by atoms with Gasteiger partial charge in [-0.25, -0.2) is 9.78 Å². The van der Waals surface area contributed by atoms with Gasteiger partial charge >= 0.3 is 5.97 Å². The number of carbonyl (C=O) groups excluding carboxylic acids is 1. The molecule has 1 aromatic rings. The number of aliphatic hydroxyl groups excluding tert-OH is 2. The number of nitrogens with zero attached hydrogens (tertiary/aromatic N) is 2. The smallest absolute Gasteiger partial charge is 0.337 e. The second-order valence-electron chi connectivity index (χ2n) is 3.24. The number of hydrogen-bond donors (Lipinski definition) is 2. The summed E-state index contributed by atoms with van der Waals surface area (Å²) in [4.78, 5) is 24.3. The summed E-state index contributed by atoms with van der Waals surface area (Å²) in [5, 5.41) is 29.4. The Hall–Kier alpha value is -1.77. The summed E-state index contributed by atoms with van der Waals surface area (Å²) in [7, 11) is 1.02. The predicted octanol–water partition coefficient (Wildman–Crippen LogP) is 0.210. The molecule has 18 heavy (non-hydrogen) atoms. The molecule has 0 aliphatic rings. The summed E-state index contributed by atoms with van der Waals surface area (Å²) in [6, 6.07) is 0.923. The molecular weight excluding hydrogens is 268 g/mol. The summed E-state index contributed by atoms with van der Waals surface area (Å²) >= 11 is 5.63. The summed E-state index contributed by atoms with van der Waals surface area (Å²) in [5.41, 5.74) is -0.658. The average molecular weight is 277 g/mol. The van der Waals surface area contributed by atoms with Crippen LogP contribution >= 0.6 is 11.6 Å². The van der Waals surface area contributed by atoms with Gasteiger partial charge in [-0.15, -0.1) is 0 Å². The normalized spacial score (nSPS) is 13.8. The number of aliphatic hydroxyl groups is 2. The van der Waals surface area contributed by atoms with Crippen LogP contribution in [0, 0.1) is 10.1 Å². The van der Waals surface area contributed by atoms with Crippen molar-refractivity contribution in [2.75, 3.05) is 7.11 Å². The summed E-state index contributed by atoms with van der Waals surface area (Å²) in [6.45, 7) is 0. The van der Waals surface area contributed by atoms with E-state index in [1.54, 1.807) is 0 Å². The lowest BCUT2D eigenvalue weighted by Gasteiger charge is -2.16. The molecule has 0 fully saturated rings. The van der Waals surface area contributed by atoms with Gasteiger partial charge in [-0.05, 0) is 0 Å². The molecule has 8 nitrogen and oxygen atoms in total.